The molecule has 0 saturated carbocycles. The van der Waals surface area contributed by atoms with E-state index in [1.807, 2.05) is 36.4 Å². The van der Waals surface area contributed by atoms with E-state index < -0.39 is 5.82 Å². The quantitative estimate of drug-likeness (QED) is 0.318. The Morgan fingerprint density at radius 3 is 2.62 bits per heavy atom. The largest absolute Gasteiger partial charge is 0.462 e. The fourth-order valence-corrected chi connectivity index (χ4v) is 7.15. The smallest absolute Gasteiger partial charge is 0.319 e. The Kier molecular flexibility index (Phi) is 6.72. The number of aromatic nitrogens is 3. The Morgan fingerprint density at radius 1 is 1.07 bits per heavy atom. The maximum absolute atomic E-state index is 16.5. The number of nitrogens with one attached hydrogen (secondary N) is 1. The number of hydrogen-bond acceptors (Lipinski definition) is 7. The lowest BCUT2D eigenvalue weighted by Gasteiger charge is -2.34. The van der Waals surface area contributed by atoms with Crippen LogP contribution < -0.4 is 15.0 Å². The van der Waals surface area contributed by atoms with Gasteiger partial charge in [0, 0.05) is 59.4 Å². The Bertz CT molecular complexity index is 1560. The van der Waals surface area contributed by atoms with Crippen LogP contribution in [0.5, 0.6) is 6.01 Å². The molecule has 3 aliphatic heterocycles. The van der Waals surface area contributed by atoms with Gasteiger partial charge in [0.15, 0.2) is 5.82 Å². The van der Waals surface area contributed by atoms with Gasteiger partial charge in [-0.05, 0) is 57.5 Å². The van der Waals surface area contributed by atoms with Gasteiger partial charge in [0.05, 0.1) is 5.39 Å². The number of nitrogens with zero attached hydrogens (tertiary/aromatic N) is 5. The molecule has 40 heavy (non-hydrogen) atoms. The Morgan fingerprint density at radius 2 is 1.85 bits per heavy atom. The molecule has 0 aliphatic carbocycles. The number of hydrogen-bond donors (Lipinski definition) is 1. The van der Waals surface area contributed by atoms with E-state index in [1.165, 1.54) is 0 Å². The Hall–Kier alpha value is -3.07. The summed E-state index contributed by atoms with van der Waals surface area (Å²) in [5, 5.41) is 6.54. The first-order valence-corrected chi connectivity index (χ1v) is 14.8. The van der Waals surface area contributed by atoms with Gasteiger partial charge < -0.3 is 15.0 Å². The number of likely N-dealkylation sites (tertiary alicyclic amines) is 1. The molecule has 1 N–H and O–H groups in total. The summed E-state index contributed by atoms with van der Waals surface area (Å²) in [6.07, 6.45) is 6.21. The maximum atomic E-state index is 16.5. The predicted octanol–water partition coefficient (Wildman–Crippen LogP) is 5.83. The van der Waals surface area contributed by atoms with Crippen molar-refractivity contribution in [2.45, 2.75) is 63.7 Å². The van der Waals surface area contributed by atoms with Crippen LogP contribution in [0.3, 0.4) is 0 Å². The first-order valence-electron chi connectivity index (χ1n) is 14.4. The van der Waals surface area contributed by atoms with Crippen molar-refractivity contribution in [2.24, 2.45) is 0 Å². The maximum Gasteiger partial charge on any atom is 0.319 e. The van der Waals surface area contributed by atoms with Crippen molar-refractivity contribution in [3.63, 3.8) is 0 Å². The summed E-state index contributed by atoms with van der Waals surface area (Å²) < 4.78 is 22.8. The van der Waals surface area contributed by atoms with E-state index in [9.17, 15) is 0 Å². The van der Waals surface area contributed by atoms with Crippen LogP contribution in [-0.2, 0) is 0 Å². The van der Waals surface area contributed by atoms with Crippen molar-refractivity contribution in [1.29, 1.82) is 0 Å². The van der Waals surface area contributed by atoms with Crippen LogP contribution in [0.25, 0.3) is 32.9 Å². The number of anilines is 1. The average Bonchev–Trinajstić information content (AvgIpc) is 3.57. The molecule has 7 rings (SSSR count). The van der Waals surface area contributed by atoms with E-state index in [1.54, 1.807) is 6.20 Å². The molecule has 208 valence electrons. The van der Waals surface area contributed by atoms with Crippen LogP contribution in [0.15, 0.2) is 42.6 Å². The van der Waals surface area contributed by atoms with Gasteiger partial charge in [-0.1, -0.05) is 41.9 Å². The van der Waals surface area contributed by atoms with Gasteiger partial charge in [0.2, 0.25) is 0 Å². The molecule has 4 aromatic rings. The van der Waals surface area contributed by atoms with Gasteiger partial charge in [-0.2, -0.15) is 9.97 Å². The zero-order valence-corrected chi connectivity index (χ0v) is 23.7. The zero-order valence-electron chi connectivity index (χ0n) is 22.9. The summed E-state index contributed by atoms with van der Waals surface area (Å²) in [4.78, 5) is 18.9. The highest BCUT2D eigenvalue weighted by Gasteiger charge is 2.34. The van der Waals surface area contributed by atoms with Gasteiger partial charge in [0.25, 0.3) is 0 Å². The molecular formula is C31H34ClFN6O. The molecule has 3 saturated heterocycles. The van der Waals surface area contributed by atoms with Crippen LogP contribution in [-0.4, -0.2) is 70.3 Å². The highest BCUT2D eigenvalue weighted by molar-refractivity contribution is 6.36. The minimum Gasteiger partial charge on any atom is -0.462 e. The third-order valence-electron chi connectivity index (χ3n) is 8.76. The number of pyridine rings is 1. The van der Waals surface area contributed by atoms with Crippen molar-refractivity contribution >= 4 is 39.1 Å². The molecule has 7 nitrogen and oxygen atoms in total. The monoisotopic (exact) mass is 560 g/mol. The van der Waals surface area contributed by atoms with E-state index in [4.69, 9.17) is 21.3 Å². The summed E-state index contributed by atoms with van der Waals surface area (Å²) in [6.45, 7) is 7.60. The first kappa shape index (κ1) is 25.9. The van der Waals surface area contributed by atoms with Crippen LogP contribution in [0.4, 0.5) is 10.2 Å². The van der Waals surface area contributed by atoms with Crippen LogP contribution in [0, 0.1) is 5.82 Å². The molecule has 0 radical (unpaired) electrons. The minimum atomic E-state index is -0.485. The lowest BCUT2D eigenvalue weighted by molar-refractivity contribution is 0.138. The van der Waals surface area contributed by atoms with Crippen LogP contribution >= 0.6 is 11.6 Å². The van der Waals surface area contributed by atoms with E-state index in [2.05, 4.69) is 38.9 Å². The molecule has 3 fully saturated rings. The number of piperazine rings is 1. The fourth-order valence-electron chi connectivity index (χ4n) is 6.87. The minimum absolute atomic E-state index is 0.219. The molecule has 3 aliphatic rings. The van der Waals surface area contributed by atoms with Gasteiger partial charge >= 0.3 is 6.01 Å². The zero-order chi connectivity index (χ0) is 27.4. The van der Waals surface area contributed by atoms with E-state index in [0.29, 0.717) is 52.6 Å². The molecule has 2 unspecified atom stereocenters. The predicted molar refractivity (Wildman–Crippen MR) is 158 cm³/mol. The molecule has 2 aromatic carbocycles. The fraction of sp³-hybridized carbons (Fsp3) is 0.452. The Balaban J connectivity index is 1.33. The highest BCUT2D eigenvalue weighted by Crippen LogP contribution is 2.38. The van der Waals surface area contributed by atoms with Gasteiger partial charge in [0.1, 0.15) is 23.6 Å². The second-order valence-corrected chi connectivity index (χ2v) is 12.0. The van der Waals surface area contributed by atoms with E-state index in [0.717, 1.165) is 56.1 Å². The van der Waals surface area contributed by atoms with Gasteiger partial charge in [-0.3, -0.25) is 9.88 Å². The van der Waals surface area contributed by atoms with Crippen molar-refractivity contribution in [3.8, 4) is 17.3 Å². The summed E-state index contributed by atoms with van der Waals surface area (Å²) in [7, 11) is 0. The second-order valence-electron chi connectivity index (χ2n) is 11.6. The standard InChI is InChI=1S/C31H34ClFN6O/c1-18(2)39-13-5-8-22(39)17-40-31-36-29-24(30(37-31)38-15-20-11-12-21(16-38)35-20)14-34-28(27(29)33)23-9-3-6-19-7-4-10-25(32)26(19)23/h3-4,6-7,9-10,14,18,20-22,35H,5,8,11-13,15-17H2,1-2H3/t20?,21?,22-/m0/s1. The third kappa shape index (κ3) is 4.56. The summed E-state index contributed by atoms with van der Waals surface area (Å²) in [5.74, 6) is 0.209. The molecule has 2 bridgehead atoms. The number of ether oxygens (including phenoxy) is 1. The van der Waals surface area contributed by atoms with Gasteiger partial charge in [-0.25, -0.2) is 4.39 Å². The molecule has 0 amide bonds. The van der Waals surface area contributed by atoms with Crippen molar-refractivity contribution in [1.82, 2.24) is 25.2 Å². The summed E-state index contributed by atoms with van der Waals surface area (Å²) >= 11 is 6.59. The molecule has 0 spiro atoms. The van der Waals surface area contributed by atoms with Crippen LogP contribution in [0.1, 0.15) is 39.5 Å². The summed E-state index contributed by atoms with van der Waals surface area (Å²) in [5.41, 5.74) is 1.10. The van der Waals surface area contributed by atoms with E-state index >= 15 is 4.39 Å². The highest BCUT2D eigenvalue weighted by atomic mass is 35.5. The topological polar surface area (TPSA) is 66.4 Å². The Labute approximate surface area is 238 Å². The average molecular weight is 561 g/mol. The number of benzene rings is 2. The molecule has 5 heterocycles. The van der Waals surface area contributed by atoms with Crippen molar-refractivity contribution in [3.05, 3.63) is 53.4 Å². The number of halogens is 2. The van der Waals surface area contributed by atoms with Gasteiger partial charge in [-0.15, -0.1) is 0 Å². The lowest BCUT2D eigenvalue weighted by Crippen LogP contribution is -2.51. The number of fused-ring (bicyclic) bond motifs is 4. The normalized spacial score (nSPS) is 23.1. The lowest BCUT2D eigenvalue weighted by atomic mass is 10.0. The first-order chi connectivity index (χ1) is 19.5. The molecule has 3 atom stereocenters. The molecular weight excluding hydrogens is 527 g/mol. The SMILES string of the molecule is CC(C)N1CCC[C@H]1COc1nc(N2CC3CCC(C2)N3)c2cnc(-c3cccc4cccc(Cl)c34)c(F)c2n1. The molecule has 9 heteroatoms. The third-order valence-corrected chi connectivity index (χ3v) is 9.07. The van der Waals surface area contributed by atoms with Crippen LogP contribution in [0.2, 0.25) is 5.02 Å². The summed E-state index contributed by atoms with van der Waals surface area (Å²) in [6, 6.07) is 13.2. The molecule has 2 aromatic heterocycles. The number of rotatable bonds is 6. The van der Waals surface area contributed by atoms with Crippen molar-refractivity contribution < 1.29 is 9.13 Å². The second kappa shape index (κ2) is 10.4. The van der Waals surface area contributed by atoms with Crippen molar-refractivity contribution in [2.75, 3.05) is 31.1 Å². The van der Waals surface area contributed by atoms with E-state index in [-0.39, 0.29) is 17.2 Å².